The highest BCUT2D eigenvalue weighted by molar-refractivity contribution is 8.16. The summed E-state index contributed by atoms with van der Waals surface area (Å²) in [5.74, 6) is -0.492. The first-order valence-electron chi connectivity index (χ1n) is 11.6. The van der Waals surface area contributed by atoms with Crippen LogP contribution in [0.15, 0.2) is 82.1 Å². The van der Waals surface area contributed by atoms with Gasteiger partial charge in [0.25, 0.3) is 0 Å². The van der Waals surface area contributed by atoms with Crippen LogP contribution in [0.5, 0.6) is 0 Å². The van der Waals surface area contributed by atoms with E-state index in [4.69, 9.17) is 9.73 Å². The number of thioether (sulfide) groups is 1. The molecule has 1 amide bonds. The Bertz CT molecular complexity index is 1180. The molecule has 1 N–H and O–H groups in total. The van der Waals surface area contributed by atoms with E-state index >= 15 is 0 Å². The van der Waals surface area contributed by atoms with E-state index < -0.39 is 17.6 Å². The molecule has 0 bridgehead atoms. The molecular weight excluding hydrogens is 460 g/mol. The number of carbonyl (C=O) groups excluding carboxylic acids is 2. The van der Waals surface area contributed by atoms with Gasteiger partial charge in [0.05, 0.1) is 23.7 Å². The fourth-order valence-electron chi connectivity index (χ4n) is 4.02. The van der Waals surface area contributed by atoms with Crippen molar-refractivity contribution in [1.82, 2.24) is 15.2 Å². The smallest absolute Gasteiger partial charge is 0.338 e. The third-order valence-electron chi connectivity index (χ3n) is 5.51. The molecule has 1 aromatic heterocycles. The number of allylic oxidation sites excluding steroid dienone is 1. The summed E-state index contributed by atoms with van der Waals surface area (Å²) in [6.07, 6.45) is 2.59. The molecule has 1 aromatic carbocycles. The third kappa shape index (κ3) is 6.00. The number of fused-ring (bicyclic) bond motifs is 1. The lowest BCUT2D eigenvalue weighted by Gasteiger charge is -2.37. The number of ether oxygens (including phenoxy) is 1. The molecule has 2 aromatic rings. The third-order valence-corrected chi connectivity index (χ3v) is 6.39. The Balaban J connectivity index is 1.55. The molecule has 2 aliphatic heterocycles. The fraction of sp³-hybridized carbons (Fsp3) is 0.333. The summed E-state index contributed by atoms with van der Waals surface area (Å²) in [7, 11) is 0. The first kappa shape index (κ1) is 24.7. The lowest BCUT2D eigenvalue weighted by atomic mass is 9.93. The summed E-state index contributed by atoms with van der Waals surface area (Å²) in [4.78, 5) is 37.1. The molecule has 2 aliphatic rings. The second kappa shape index (κ2) is 10.5. The first-order valence-corrected chi connectivity index (χ1v) is 12.5. The molecule has 4 rings (SSSR count). The van der Waals surface area contributed by atoms with Crippen molar-refractivity contribution in [1.29, 1.82) is 0 Å². The molecule has 0 saturated heterocycles. The number of rotatable bonds is 7. The van der Waals surface area contributed by atoms with Crippen molar-refractivity contribution in [3.8, 4) is 0 Å². The first-order chi connectivity index (χ1) is 16.7. The average molecular weight is 491 g/mol. The molecule has 0 aliphatic carbocycles. The summed E-state index contributed by atoms with van der Waals surface area (Å²) < 4.78 is 5.76. The molecular formula is C27H30N4O3S. The zero-order valence-corrected chi connectivity index (χ0v) is 21.3. The number of amidine groups is 1. The van der Waals surface area contributed by atoms with Gasteiger partial charge >= 0.3 is 5.97 Å². The predicted octanol–water partition coefficient (Wildman–Crippen LogP) is 4.75. The van der Waals surface area contributed by atoms with Crippen LogP contribution in [0.4, 0.5) is 0 Å². The number of esters is 1. The highest BCUT2D eigenvalue weighted by atomic mass is 32.2. The molecule has 0 saturated carbocycles. The summed E-state index contributed by atoms with van der Waals surface area (Å²) >= 11 is 1.46. The Labute approximate surface area is 210 Å². The van der Waals surface area contributed by atoms with Gasteiger partial charge in [-0.05, 0) is 50.8 Å². The van der Waals surface area contributed by atoms with Crippen molar-refractivity contribution in [2.75, 3.05) is 6.54 Å². The molecule has 0 radical (unpaired) electrons. The van der Waals surface area contributed by atoms with E-state index in [1.54, 1.807) is 6.20 Å². The zero-order valence-electron chi connectivity index (χ0n) is 20.4. The van der Waals surface area contributed by atoms with E-state index in [-0.39, 0.29) is 12.3 Å². The fourth-order valence-corrected chi connectivity index (χ4v) is 4.98. The molecule has 182 valence electrons. The quantitative estimate of drug-likeness (QED) is 0.564. The maximum atomic E-state index is 13.3. The van der Waals surface area contributed by atoms with Crippen LogP contribution in [0.1, 0.15) is 51.4 Å². The van der Waals surface area contributed by atoms with Crippen molar-refractivity contribution < 1.29 is 14.3 Å². The summed E-state index contributed by atoms with van der Waals surface area (Å²) in [6.45, 7) is 7.89. The van der Waals surface area contributed by atoms with Crippen LogP contribution < -0.4 is 5.32 Å². The Kier molecular flexibility index (Phi) is 7.40. The van der Waals surface area contributed by atoms with Gasteiger partial charge in [-0.1, -0.05) is 48.2 Å². The largest absolute Gasteiger partial charge is 0.456 e. The normalized spacial score (nSPS) is 17.5. The second-order valence-electron chi connectivity index (χ2n) is 9.40. The Morgan fingerprint density at radius 1 is 1.11 bits per heavy atom. The van der Waals surface area contributed by atoms with Crippen LogP contribution in [0.25, 0.3) is 0 Å². The number of aliphatic imine (C=N–C) groups is 1. The number of pyridine rings is 1. The highest BCUT2D eigenvalue weighted by Crippen LogP contribution is 2.45. The number of hydrogen-bond acceptors (Lipinski definition) is 7. The van der Waals surface area contributed by atoms with E-state index in [2.05, 4.69) is 10.3 Å². The van der Waals surface area contributed by atoms with Gasteiger partial charge in [-0.2, -0.15) is 0 Å². The van der Waals surface area contributed by atoms with Crippen LogP contribution in [0, 0.1) is 0 Å². The molecule has 0 fully saturated rings. The minimum atomic E-state index is -0.637. The molecule has 1 atom stereocenters. The summed E-state index contributed by atoms with van der Waals surface area (Å²) in [6, 6.07) is 15.1. The lowest BCUT2D eigenvalue weighted by Crippen LogP contribution is -2.39. The molecule has 7 nitrogen and oxygen atoms in total. The van der Waals surface area contributed by atoms with Crippen LogP contribution in [0.2, 0.25) is 0 Å². The zero-order chi connectivity index (χ0) is 25.0. The average Bonchev–Trinajstić information content (AvgIpc) is 3.20. The van der Waals surface area contributed by atoms with E-state index in [1.165, 1.54) is 11.8 Å². The number of nitrogens with one attached hydrogen (secondary N) is 1. The lowest BCUT2D eigenvalue weighted by molar-refractivity contribution is -0.150. The minimum absolute atomic E-state index is 0.0917. The SMILES string of the molecule is CC1=C(C(=O)OC(C)(C)C)C(c2ccccc2)N2C(CC(=O)NCCc3ccccn3)=CSC2=N1. The summed E-state index contributed by atoms with van der Waals surface area (Å²) in [5, 5.41) is 5.68. The minimum Gasteiger partial charge on any atom is -0.456 e. The molecule has 0 spiro atoms. The van der Waals surface area contributed by atoms with Gasteiger partial charge in [0.2, 0.25) is 5.91 Å². The van der Waals surface area contributed by atoms with Gasteiger partial charge in [-0.3, -0.25) is 9.78 Å². The maximum absolute atomic E-state index is 13.3. The second-order valence-corrected chi connectivity index (χ2v) is 10.2. The van der Waals surface area contributed by atoms with Crippen LogP contribution in [0.3, 0.4) is 0 Å². The van der Waals surface area contributed by atoms with E-state index in [9.17, 15) is 9.59 Å². The van der Waals surface area contributed by atoms with Crippen molar-refractivity contribution in [3.63, 3.8) is 0 Å². The number of amides is 1. The topological polar surface area (TPSA) is 83.9 Å². The van der Waals surface area contributed by atoms with E-state index in [1.807, 2.05) is 86.5 Å². The Morgan fingerprint density at radius 3 is 2.54 bits per heavy atom. The molecule has 35 heavy (non-hydrogen) atoms. The van der Waals surface area contributed by atoms with Gasteiger partial charge < -0.3 is 15.0 Å². The van der Waals surface area contributed by atoms with Crippen LogP contribution >= 0.6 is 11.8 Å². The number of nitrogens with zero attached hydrogens (tertiary/aromatic N) is 3. The van der Waals surface area contributed by atoms with Gasteiger partial charge in [-0.15, -0.1) is 0 Å². The van der Waals surface area contributed by atoms with Gasteiger partial charge in [0.1, 0.15) is 5.60 Å². The van der Waals surface area contributed by atoms with Gasteiger partial charge in [0, 0.05) is 30.6 Å². The van der Waals surface area contributed by atoms with Gasteiger partial charge in [-0.25, -0.2) is 9.79 Å². The number of hydrogen-bond donors (Lipinski definition) is 1. The number of aromatic nitrogens is 1. The Hall–Kier alpha value is -3.39. The molecule has 1 unspecified atom stereocenters. The van der Waals surface area contributed by atoms with Crippen molar-refractivity contribution in [3.05, 3.63) is 88.4 Å². The summed E-state index contributed by atoms with van der Waals surface area (Å²) in [5.41, 5.74) is 3.14. The van der Waals surface area contributed by atoms with Crippen molar-refractivity contribution in [2.24, 2.45) is 4.99 Å². The van der Waals surface area contributed by atoms with Gasteiger partial charge in [0.15, 0.2) is 5.17 Å². The molecule has 8 heteroatoms. The van der Waals surface area contributed by atoms with E-state index in [0.29, 0.717) is 24.2 Å². The number of carbonyl (C=O) groups is 2. The predicted molar refractivity (Wildman–Crippen MR) is 138 cm³/mol. The highest BCUT2D eigenvalue weighted by Gasteiger charge is 2.41. The standard InChI is InChI=1S/C27H30N4O3S/c1-18-23(25(33)34-27(2,3)4)24(19-10-6-5-7-11-19)31-21(17-35-26(31)30-18)16-22(32)29-15-13-20-12-8-9-14-28-20/h5-12,14,17,24H,13,15-16H2,1-4H3,(H,29,32). The van der Waals surface area contributed by atoms with E-state index in [0.717, 1.165) is 22.1 Å². The number of benzene rings is 1. The molecule has 3 heterocycles. The van der Waals surface area contributed by atoms with Crippen molar-refractivity contribution in [2.45, 2.75) is 52.2 Å². The monoisotopic (exact) mass is 490 g/mol. The maximum Gasteiger partial charge on any atom is 0.338 e. The van der Waals surface area contributed by atoms with Crippen LogP contribution in [-0.2, 0) is 20.7 Å². The Morgan fingerprint density at radius 2 is 1.86 bits per heavy atom. The van der Waals surface area contributed by atoms with Crippen molar-refractivity contribution >= 4 is 28.8 Å². The van der Waals surface area contributed by atoms with Crippen LogP contribution in [-0.4, -0.2) is 39.1 Å².